The van der Waals surface area contributed by atoms with E-state index in [4.69, 9.17) is 0 Å². The van der Waals surface area contributed by atoms with Crippen molar-refractivity contribution in [2.24, 2.45) is 0 Å². The molecule has 1 aliphatic carbocycles. The molecule has 0 bridgehead atoms. The zero-order valence-electron chi connectivity index (χ0n) is 12.7. The minimum absolute atomic E-state index is 0.0708. The van der Waals surface area contributed by atoms with Crippen molar-refractivity contribution in [1.82, 2.24) is 5.32 Å². The molecule has 1 aromatic rings. The summed E-state index contributed by atoms with van der Waals surface area (Å²) >= 11 is 0. The number of aryl methyl sites for hydroxylation is 2. The Morgan fingerprint density at radius 1 is 1.24 bits per heavy atom. The molecule has 0 heterocycles. The Kier molecular flexibility index (Phi) is 5.04. The molecule has 1 amide bonds. The average Bonchev–Trinajstić information content (AvgIpc) is 2.85. The highest BCUT2D eigenvalue weighted by atomic mass is 32.2. The molecule has 2 rings (SSSR count). The van der Waals surface area contributed by atoms with Gasteiger partial charge in [0.05, 0.1) is 5.75 Å². The first-order valence-electron chi connectivity index (χ1n) is 7.42. The van der Waals surface area contributed by atoms with Crippen LogP contribution in [-0.4, -0.2) is 26.1 Å². The lowest BCUT2D eigenvalue weighted by molar-refractivity contribution is -0.119. The predicted octanol–water partition coefficient (Wildman–Crippen LogP) is 2.28. The molecule has 4 nitrogen and oxygen atoms in total. The summed E-state index contributed by atoms with van der Waals surface area (Å²) in [6.45, 7) is 3.82. The number of rotatable bonds is 5. The number of hydrogen-bond donors (Lipinski definition) is 1. The summed E-state index contributed by atoms with van der Waals surface area (Å²) in [5.41, 5.74) is 2.75. The Balaban J connectivity index is 1.97. The van der Waals surface area contributed by atoms with Crippen LogP contribution < -0.4 is 5.32 Å². The van der Waals surface area contributed by atoms with Gasteiger partial charge in [-0.25, -0.2) is 8.42 Å². The second-order valence-electron chi connectivity index (χ2n) is 6.01. The highest BCUT2D eigenvalue weighted by Gasteiger charge is 2.22. The van der Waals surface area contributed by atoms with Gasteiger partial charge < -0.3 is 5.32 Å². The van der Waals surface area contributed by atoms with Crippen LogP contribution in [0.3, 0.4) is 0 Å². The third-order valence-corrected chi connectivity index (χ3v) is 5.40. The van der Waals surface area contributed by atoms with Gasteiger partial charge in [0.1, 0.15) is 5.75 Å². The second kappa shape index (κ2) is 6.60. The molecule has 0 unspecified atom stereocenters. The summed E-state index contributed by atoms with van der Waals surface area (Å²) in [5.74, 6) is -0.859. The van der Waals surface area contributed by atoms with E-state index in [9.17, 15) is 13.2 Å². The van der Waals surface area contributed by atoms with E-state index in [1.54, 1.807) is 0 Å². The van der Waals surface area contributed by atoms with Gasteiger partial charge in [-0.2, -0.15) is 0 Å². The predicted molar refractivity (Wildman–Crippen MR) is 83.8 cm³/mol. The van der Waals surface area contributed by atoms with Crippen molar-refractivity contribution in [1.29, 1.82) is 0 Å². The lowest BCUT2D eigenvalue weighted by Gasteiger charge is -2.12. The number of hydrogen-bond acceptors (Lipinski definition) is 3. The van der Waals surface area contributed by atoms with Crippen molar-refractivity contribution in [3.05, 3.63) is 34.9 Å². The Morgan fingerprint density at radius 2 is 1.90 bits per heavy atom. The van der Waals surface area contributed by atoms with Crippen molar-refractivity contribution in [3.63, 3.8) is 0 Å². The van der Waals surface area contributed by atoms with Crippen LogP contribution in [-0.2, 0) is 20.4 Å². The van der Waals surface area contributed by atoms with E-state index in [1.807, 2.05) is 32.0 Å². The molecule has 0 spiro atoms. The highest BCUT2D eigenvalue weighted by Crippen LogP contribution is 2.18. The first-order valence-corrected chi connectivity index (χ1v) is 9.24. The molecule has 0 atom stereocenters. The molecule has 1 aromatic carbocycles. The van der Waals surface area contributed by atoms with Crippen LogP contribution in [0.4, 0.5) is 0 Å². The van der Waals surface area contributed by atoms with Crippen LogP contribution in [0.1, 0.15) is 42.4 Å². The average molecular weight is 309 g/mol. The standard InChI is InChI=1S/C16H23NO3S/c1-12-7-8-13(2)14(9-12)10-21(19,20)11-16(18)17-15-5-3-4-6-15/h7-9,15H,3-6,10-11H2,1-2H3,(H,17,18). The topological polar surface area (TPSA) is 63.2 Å². The van der Waals surface area contributed by atoms with Crippen LogP contribution in [0.15, 0.2) is 18.2 Å². The third kappa shape index (κ3) is 4.84. The second-order valence-corrected chi connectivity index (χ2v) is 8.08. The van der Waals surface area contributed by atoms with E-state index in [1.165, 1.54) is 0 Å². The number of nitrogens with one attached hydrogen (secondary N) is 1. The van der Waals surface area contributed by atoms with Crippen molar-refractivity contribution >= 4 is 15.7 Å². The zero-order chi connectivity index (χ0) is 15.5. The molecule has 0 aliphatic heterocycles. The monoisotopic (exact) mass is 309 g/mol. The van der Waals surface area contributed by atoms with Gasteiger partial charge in [0, 0.05) is 6.04 Å². The van der Waals surface area contributed by atoms with Gasteiger partial charge in [-0.05, 0) is 37.8 Å². The van der Waals surface area contributed by atoms with Crippen LogP contribution in [0, 0.1) is 13.8 Å². The summed E-state index contributed by atoms with van der Waals surface area (Å²) in [6.07, 6.45) is 4.14. The zero-order valence-corrected chi connectivity index (χ0v) is 13.5. The van der Waals surface area contributed by atoms with Gasteiger partial charge in [-0.1, -0.05) is 36.6 Å². The lowest BCUT2D eigenvalue weighted by Crippen LogP contribution is -2.37. The maximum absolute atomic E-state index is 12.2. The molecular weight excluding hydrogens is 286 g/mol. The maximum atomic E-state index is 12.2. The van der Waals surface area contributed by atoms with Crippen LogP contribution >= 0.6 is 0 Å². The Bertz CT molecular complexity index is 616. The van der Waals surface area contributed by atoms with Crippen molar-refractivity contribution in [3.8, 4) is 0 Å². The van der Waals surface area contributed by atoms with E-state index >= 15 is 0 Å². The van der Waals surface area contributed by atoms with Gasteiger partial charge in [0.15, 0.2) is 9.84 Å². The molecule has 0 aromatic heterocycles. The lowest BCUT2D eigenvalue weighted by atomic mass is 10.1. The Labute approximate surface area is 126 Å². The highest BCUT2D eigenvalue weighted by molar-refractivity contribution is 7.91. The number of benzene rings is 1. The fourth-order valence-electron chi connectivity index (χ4n) is 2.78. The summed E-state index contributed by atoms with van der Waals surface area (Å²) in [4.78, 5) is 11.9. The summed E-state index contributed by atoms with van der Waals surface area (Å²) in [7, 11) is -3.43. The van der Waals surface area contributed by atoms with Crippen molar-refractivity contribution in [2.75, 3.05) is 5.75 Å². The molecule has 1 N–H and O–H groups in total. The molecule has 1 aliphatic rings. The van der Waals surface area contributed by atoms with E-state index < -0.39 is 15.6 Å². The molecule has 5 heteroatoms. The number of sulfone groups is 1. The fraction of sp³-hybridized carbons (Fsp3) is 0.562. The molecule has 116 valence electrons. The normalized spacial score (nSPS) is 16.1. The minimum atomic E-state index is -3.43. The number of amides is 1. The van der Waals surface area contributed by atoms with E-state index in [-0.39, 0.29) is 17.7 Å². The Hall–Kier alpha value is -1.36. The van der Waals surface area contributed by atoms with E-state index in [2.05, 4.69) is 5.32 Å². The Morgan fingerprint density at radius 3 is 2.57 bits per heavy atom. The fourth-order valence-corrected chi connectivity index (χ4v) is 4.15. The number of carbonyl (C=O) groups excluding carboxylic acids is 1. The van der Waals surface area contributed by atoms with E-state index in [0.29, 0.717) is 0 Å². The van der Waals surface area contributed by atoms with E-state index in [0.717, 1.165) is 42.4 Å². The van der Waals surface area contributed by atoms with Gasteiger partial charge in [-0.15, -0.1) is 0 Å². The maximum Gasteiger partial charge on any atom is 0.235 e. The van der Waals surface area contributed by atoms with Crippen LogP contribution in [0.5, 0.6) is 0 Å². The molecular formula is C16H23NO3S. The molecule has 1 fully saturated rings. The number of carbonyl (C=O) groups is 1. The molecule has 0 saturated heterocycles. The van der Waals surface area contributed by atoms with Crippen molar-refractivity contribution < 1.29 is 13.2 Å². The largest absolute Gasteiger partial charge is 0.352 e. The summed E-state index contributed by atoms with van der Waals surface area (Å²) in [5, 5.41) is 2.83. The summed E-state index contributed by atoms with van der Waals surface area (Å²) < 4.78 is 24.4. The molecule has 21 heavy (non-hydrogen) atoms. The van der Waals surface area contributed by atoms with Gasteiger partial charge in [0.2, 0.25) is 5.91 Å². The first-order chi connectivity index (χ1) is 9.85. The van der Waals surface area contributed by atoms with Crippen LogP contribution in [0.25, 0.3) is 0 Å². The van der Waals surface area contributed by atoms with Gasteiger partial charge in [0.25, 0.3) is 0 Å². The molecule has 1 saturated carbocycles. The van der Waals surface area contributed by atoms with Gasteiger partial charge >= 0.3 is 0 Å². The third-order valence-electron chi connectivity index (χ3n) is 3.95. The SMILES string of the molecule is Cc1ccc(C)c(CS(=O)(=O)CC(=O)NC2CCCC2)c1. The minimum Gasteiger partial charge on any atom is -0.352 e. The van der Waals surface area contributed by atoms with Crippen molar-refractivity contribution in [2.45, 2.75) is 51.3 Å². The smallest absolute Gasteiger partial charge is 0.235 e. The van der Waals surface area contributed by atoms with Crippen LogP contribution in [0.2, 0.25) is 0 Å². The molecule has 0 radical (unpaired) electrons. The summed E-state index contributed by atoms with van der Waals surface area (Å²) in [6, 6.07) is 5.91. The van der Waals surface area contributed by atoms with Gasteiger partial charge in [-0.3, -0.25) is 4.79 Å². The first kappa shape index (κ1) is 16.0. The quantitative estimate of drug-likeness (QED) is 0.907.